The van der Waals surface area contributed by atoms with E-state index < -0.39 is 0 Å². The first kappa shape index (κ1) is 18.3. The Morgan fingerprint density at radius 3 is 2.35 bits per heavy atom. The lowest BCUT2D eigenvalue weighted by Gasteiger charge is -2.33. The van der Waals surface area contributed by atoms with E-state index in [2.05, 4.69) is 64.2 Å². The fourth-order valence-electron chi connectivity index (χ4n) is 3.94. The standard InChI is InChI=1S/C21H35NO/c1-20(2,3)16-21(4,5)18-8-10-19(11-9-18)23-14-12-17-7-6-13-22-15-17/h8-11,17,22H,6-7,12-16H2,1-5H3/t17-/m1/s1. The largest absolute Gasteiger partial charge is 0.494 e. The van der Waals surface area contributed by atoms with Crippen LogP contribution in [0.4, 0.5) is 0 Å². The van der Waals surface area contributed by atoms with Crippen molar-refractivity contribution in [1.29, 1.82) is 0 Å². The first-order chi connectivity index (χ1) is 10.8. The fraction of sp³-hybridized carbons (Fsp3) is 0.714. The van der Waals surface area contributed by atoms with Crippen LogP contribution < -0.4 is 10.1 Å². The SMILES string of the molecule is CC(C)(C)CC(C)(C)c1ccc(OCC[C@H]2CCCNC2)cc1. The van der Waals surface area contributed by atoms with E-state index in [1.807, 2.05) is 0 Å². The van der Waals surface area contributed by atoms with E-state index in [0.717, 1.165) is 31.2 Å². The second kappa shape index (κ2) is 7.70. The molecule has 1 saturated heterocycles. The topological polar surface area (TPSA) is 21.3 Å². The van der Waals surface area contributed by atoms with Gasteiger partial charge in [-0.15, -0.1) is 0 Å². The molecule has 0 aromatic heterocycles. The maximum absolute atomic E-state index is 5.95. The average molecular weight is 318 g/mol. The highest BCUT2D eigenvalue weighted by Gasteiger charge is 2.27. The Morgan fingerprint density at radius 1 is 1.09 bits per heavy atom. The maximum atomic E-state index is 5.95. The summed E-state index contributed by atoms with van der Waals surface area (Å²) in [6.07, 6.45) is 4.98. The summed E-state index contributed by atoms with van der Waals surface area (Å²) in [4.78, 5) is 0. The van der Waals surface area contributed by atoms with Crippen molar-refractivity contribution in [3.8, 4) is 5.75 Å². The van der Waals surface area contributed by atoms with E-state index in [4.69, 9.17) is 4.74 Å². The highest BCUT2D eigenvalue weighted by atomic mass is 16.5. The van der Waals surface area contributed by atoms with Crippen LogP contribution in [-0.4, -0.2) is 19.7 Å². The molecule has 0 saturated carbocycles. The van der Waals surface area contributed by atoms with E-state index in [9.17, 15) is 0 Å². The van der Waals surface area contributed by atoms with Crippen LogP contribution in [0.5, 0.6) is 5.75 Å². The Kier molecular flexibility index (Phi) is 6.13. The van der Waals surface area contributed by atoms with Gasteiger partial charge in [0.2, 0.25) is 0 Å². The second-order valence-electron chi connectivity index (χ2n) is 9.00. The highest BCUT2D eigenvalue weighted by molar-refractivity contribution is 5.31. The molecule has 1 heterocycles. The molecule has 0 spiro atoms. The first-order valence-corrected chi connectivity index (χ1v) is 9.20. The van der Waals surface area contributed by atoms with Crippen LogP contribution in [0.1, 0.15) is 65.9 Å². The Hall–Kier alpha value is -1.02. The minimum atomic E-state index is 0.199. The molecule has 0 amide bonds. The van der Waals surface area contributed by atoms with Gasteiger partial charge in [0.05, 0.1) is 6.61 Å². The van der Waals surface area contributed by atoms with Crippen molar-refractivity contribution in [2.45, 2.75) is 65.7 Å². The third-order valence-electron chi connectivity index (χ3n) is 4.80. The predicted octanol–water partition coefficient (Wildman–Crippen LogP) is 5.17. The summed E-state index contributed by atoms with van der Waals surface area (Å²) in [5.74, 6) is 1.79. The van der Waals surface area contributed by atoms with E-state index in [1.165, 1.54) is 31.4 Å². The van der Waals surface area contributed by atoms with E-state index in [1.54, 1.807) is 0 Å². The molecular weight excluding hydrogens is 282 g/mol. The van der Waals surface area contributed by atoms with Crippen LogP contribution >= 0.6 is 0 Å². The van der Waals surface area contributed by atoms with Crippen LogP contribution in [0.2, 0.25) is 0 Å². The second-order valence-corrected chi connectivity index (χ2v) is 9.00. The van der Waals surface area contributed by atoms with Crippen LogP contribution in [-0.2, 0) is 5.41 Å². The molecular formula is C21H35NO. The minimum absolute atomic E-state index is 0.199. The molecule has 2 heteroatoms. The van der Waals surface area contributed by atoms with Gasteiger partial charge >= 0.3 is 0 Å². The molecule has 2 rings (SSSR count). The molecule has 0 radical (unpaired) electrons. The summed E-state index contributed by atoms with van der Waals surface area (Å²) in [5.41, 5.74) is 1.94. The van der Waals surface area contributed by atoms with Gasteiger partial charge in [-0.05, 0) is 73.2 Å². The summed E-state index contributed by atoms with van der Waals surface area (Å²) in [5, 5.41) is 3.47. The number of piperidine rings is 1. The molecule has 1 aliphatic rings. The molecule has 1 aromatic carbocycles. The molecule has 130 valence electrons. The summed E-state index contributed by atoms with van der Waals surface area (Å²) in [6.45, 7) is 14.8. The lowest BCUT2D eigenvalue weighted by atomic mass is 9.72. The van der Waals surface area contributed by atoms with Crippen molar-refractivity contribution in [3.05, 3.63) is 29.8 Å². The minimum Gasteiger partial charge on any atom is -0.494 e. The van der Waals surface area contributed by atoms with Gasteiger partial charge in [0, 0.05) is 0 Å². The van der Waals surface area contributed by atoms with Crippen molar-refractivity contribution in [2.24, 2.45) is 11.3 Å². The quantitative estimate of drug-likeness (QED) is 0.781. The highest BCUT2D eigenvalue weighted by Crippen LogP contribution is 2.36. The van der Waals surface area contributed by atoms with Gasteiger partial charge < -0.3 is 10.1 Å². The van der Waals surface area contributed by atoms with Gasteiger partial charge in [-0.2, -0.15) is 0 Å². The monoisotopic (exact) mass is 317 g/mol. The van der Waals surface area contributed by atoms with Gasteiger partial charge in [-0.25, -0.2) is 0 Å². The number of hydrogen-bond donors (Lipinski definition) is 1. The number of rotatable bonds is 6. The molecule has 2 nitrogen and oxygen atoms in total. The van der Waals surface area contributed by atoms with Crippen molar-refractivity contribution < 1.29 is 4.74 Å². The van der Waals surface area contributed by atoms with Gasteiger partial charge in [0.15, 0.2) is 0 Å². The summed E-state index contributed by atoms with van der Waals surface area (Å²) in [6, 6.07) is 8.75. The van der Waals surface area contributed by atoms with Crippen LogP contribution in [0.25, 0.3) is 0 Å². The van der Waals surface area contributed by atoms with Gasteiger partial charge in [0.1, 0.15) is 5.75 Å². The van der Waals surface area contributed by atoms with Crippen molar-refractivity contribution in [1.82, 2.24) is 5.32 Å². The average Bonchev–Trinajstić information content (AvgIpc) is 2.46. The Morgan fingerprint density at radius 2 is 1.78 bits per heavy atom. The Labute approximate surface area is 143 Å². The third kappa shape index (κ3) is 6.18. The zero-order valence-corrected chi connectivity index (χ0v) is 15.7. The lowest BCUT2D eigenvalue weighted by Crippen LogP contribution is -2.30. The number of nitrogens with one attached hydrogen (secondary N) is 1. The van der Waals surface area contributed by atoms with Crippen LogP contribution in [0.15, 0.2) is 24.3 Å². The van der Waals surface area contributed by atoms with E-state index >= 15 is 0 Å². The molecule has 1 N–H and O–H groups in total. The third-order valence-corrected chi connectivity index (χ3v) is 4.80. The molecule has 1 fully saturated rings. The molecule has 0 aliphatic carbocycles. The number of ether oxygens (including phenoxy) is 1. The zero-order chi connectivity index (χ0) is 16.9. The van der Waals surface area contributed by atoms with E-state index in [0.29, 0.717) is 5.41 Å². The zero-order valence-electron chi connectivity index (χ0n) is 15.7. The molecule has 1 atom stereocenters. The smallest absolute Gasteiger partial charge is 0.119 e. The molecule has 1 aliphatic heterocycles. The van der Waals surface area contributed by atoms with E-state index in [-0.39, 0.29) is 5.41 Å². The molecule has 1 aromatic rings. The maximum Gasteiger partial charge on any atom is 0.119 e. The molecule has 0 unspecified atom stereocenters. The number of hydrogen-bond acceptors (Lipinski definition) is 2. The van der Waals surface area contributed by atoms with Crippen LogP contribution in [0, 0.1) is 11.3 Å². The summed E-state index contributed by atoms with van der Waals surface area (Å²) < 4.78 is 5.95. The van der Waals surface area contributed by atoms with Gasteiger partial charge in [0.25, 0.3) is 0 Å². The van der Waals surface area contributed by atoms with Gasteiger partial charge in [-0.1, -0.05) is 46.8 Å². The van der Waals surface area contributed by atoms with Gasteiger partial charge in [-0.3, -0.25) is 0 Å². The Bertz CT molecular complexity index is 464. The van der Waals surface area contributed by atoms with Crippen LogP contribution in [0.3, 0.4) is 0 Å². The Balaban J connectivity index is 1.84. The molecule has 23 heavy (non-hydrogen) atoms. The summed E-state index contributed by atoms with van der Waals surface area (Å²) >= 11 is 0. The number of benzene rings is 1. The predicted molar refractivity (Wildman–Crippen MR) is 99.2 cm³/mol. The lowest BCUT2D eigenvalue weighted by molar-refractivity contribution is 0.253. The van der Waals surface area contributed by atoms with Crippen molar-refractivity contribution in [3.63, 3.8) is 0 Å². The fourth-order valence-corrected chi connectivity index (χ4v) is 3.94. The first-order valence-electron chi connectivity index (χ1n) is 9.20. The summed E-state index contributed by atoms with van der Waals surface area (Å²) in [7, 11) is 0. The normalized spacial score (nSPS) is 19.6. The molecule has 0 bridgehead atoms. The van der Waals surface area contributed by atoms with Crippen molar-refractivity contribution >= 4 is 0 Å². The van der Waals surface area contributed by atoms with Crippen molar-refractivity contribution in [2.75, 3.05) is 19.7 Å².